The lowest BCUT2D eigenvalue weighted by atomic mass is 9.85. The van der Waals surface area contributed by atoms with Crippen molar-refractivity contribution in [3.05, 3.63) is 34.4 Å². The van der Waals surface area contributed by atoms with Crippen molar-refractivity contribution >= 4 is 24.0 Å². The molecule has 0 unspecified atom stereocenters. The maximum Gasteiger partial charge on any atom is 0.149 e. The van der Waals surface area contributed by atoms with Crippen LogP contribution in [0.5, 0.6) is 0 Å². The number of nitrogens with two attached hydrogens (primary N) is 1. The molecule has 0 amide bonds. The third-order valence-corrected chi connectivity index (χ3v) is 2.80. The Morgan fingerprint density at radius 3 is 2.40 bits per heavy atom. The molecule has 84 valence electrons. The van der Waals surface area contributed by atoms with Crippen LogP contribution in [0, 0.1) is 11.6 Å². The minimum absolute atomic E-state index is 0. The summed E-state index contributed by atoms with van der Waals surface area (Å²) in [6, 6.07) is 2.48. The van der Waals surface area contributed by atoms with E-state index in [-0.39, 0.29) is 18.0 Å². The Hall–Kier alpha value is -0.420. The van der Waals surface area contributed by atoms with Gasteiger partial charge in [0.15, 0.2) is 0 Å². The first-order valence-electron chi connectivity index (χ1n) is 4.18. The monoisotopic (exact) mass is 254 g/mol. The van der Waals surface area contributed by atoms with Gasteiger partial charge in [0.1, 0.15) is 16.7 Å². The van der Waals surface area contributed by atoms with Gasteiger partial charge in [-0.05, 0) is 6.07 Å². The fraction of sp³-hybridized carbons (Fsp3) is 0.333. The fourth-order valence-electron chi connectivity index (χ4n) is 1.50. The SMILES string of the molecule is Cl.NC1(c2ccc(F)c(Cl)c2F)CNC1. The number of hydrogen-bond acceptors (Lipinski definition) is 2. The number of rotatable bonds is 1. The third-order valence-electron chi connectivity index (χ3n) is 2.45. The summed E-state index contributed by atoms with van der Waals surface area (Å²) in [4.78, 5) is 0. The van der Waals surface area contributed by atoms with E-state index in [4.69, 9.17) is 17.3 Å². The van der Waals surface area contributed by atoms with Crippen LogP contribution in [0.2, 0.25) is 5.02 Å². The van der Waals surface area contributed by atoms with E-state index >= 15 is 0 Å². The highest BCUT2D eigenvalue weighted by Gasteiger charge is 2.37. The molecule has 0 aliphatic carbocycles. The normalized spacial score (nSPS) is 17.9. The van der Waals surface area contributed by atoms with E-state index in [1.807, 2.05) is 0 Å². The molecule has 15 heavy (non-hydrogen) atoms. The van der Waals surface area contributed by atoms with Crippen molar-refractivity contribution in [2.24, 2.45) is 5.73 Å². The smallest absolute Gasteiger partial charge is 0.149 e. The van der Waals surface area contributed by atoms with Crippen LogP contribution < -0.4 is 11.1 Å². The number of halogens is 4. The van der Waals surface area contributed by atoms with Gasteiger partial charge in [-0.15, -0.1) is 12.4 Å². The second-order valence-corrected chi connectivity index (χ2v) is 3.86. The molecule has 0 saturated carbocycles. The maximum atomic E-state index is 13.5. The average Bonchev–Trinajstić information content (AvgIpc) is 2.11. The lowest BCUT2D eigenvalue weighted by Crippen LogP contribution is -2.63. The lowest BCUT2D eigenvalue weighted by Gasteiger charge is -2.39. The summed E-state index contributed by atoms with van der Waals surface area (Å²) in [7, 11) is 0. The Kier molecular flexibility index (Phi) is 3.55. The summed E-state index contributed by atoms with van der Waals surface area (Å²) in [5, 5.41) is 2.45. The first-order valence-corrected chi connectivity index (χ1v) is 4.56. The van der Waals surface area contributed by atoms with Gasteiger partial charge < -0.3 is 11.1 Å². The van der Waals surface area contributed by atoms with Crippen LogP contribution in [0.1, 0.15) is 5.56 Å². The van der Waals surface area contributed by atoms with E-state index < -0.39 is 22.2 Å². The minimum Gasteiger partial charge on any atom is -0.319 e. The Morgan fingerprint density at radius 2 is 1.93 bits per heavy atom. The first kappa shape index (κ1) is 12.6. The van der Waals surface area contributed by atoms with Gasteiger partial charge in [0.05, 0.1) is 5.54 Å². The summed E-state index contributed by atoms with van der Waals surface area (Å²) < 4.78 is 26.3. The standard InChI is InChI=1S/C9H9ClF2N2.ClH/c10-7-6(11)2-1-5(8(7)12)9(13)3-14-4-9;/h1-2,14H,3-4,13H2;1H. The van der Waals surface area contributed by atoms with E-state index in [2.05, 4.69) is 5.32 Å². The molecule has 1 aromatic rings. The van der Waals surface area contributed by atoms with Crippen molar-refractivity contribution in [1.29, 1.82) is 0 Å². The zero-order valence-corrected chi connectivity index (χ0v) is 9.26. The van der Waals surface area contributed by atoms with Crippen molar-refractivity contribution in [2.75, 3.05) is 13.1 Å². The quantitative estimate of drug-likeness (QED) is 0.751. The summed E-state index contributed by atoms with van der Waals surface area (Å²) in [5.74, 6) is -1.51. The van der Waals surface area contributed by atoms with E-state index in [9.17, 15) is 8.78 Å². The molecule has 2 rings (SSSR count). The van der Waals surface area contributed by atoms with Crippen LogP contribution >= 0.6 is 24.0 Å². The second kappa shape index (κ2) is 4.22. The van der Waals surface area contributed by atoms with E-state index in [0.29, 0.717) is 13.1 Å². The second-order valence-electron chi connectivity index (χ2n) is 3.48. The van der Waals surface area contributed by atoms with Crippen LogP contribution in [0.4, 0.5) is 8.78 Å². The van der Waals surface area contributed by atoms with Crippen molar-refractivity contribution in [2.45, 2.75) is 5.54 Å². The van der Waals surface area contributed by atoms with Crippen LogP contribution in [-0.4, -0.2) is 13.1 Å². The maximum absolute atomic E-state index is 13.5. The Labute approximate surface area is 97.2 Å². The largest absolute Gasteiger partial charge is 0.319 e. The fourth-order valence-corrected chi connectivity index (χ4v) is 1.66. The van der Waals surface area contributed by atoms with Crippen LogP contribution in [0.15, 0.2) is 12.1 Å². The van der Waals surface area contributed by atoms with Crippen LogP contribution in [0.3, 0.4) is 0 Å². The third kappa shape index (κ3) is 1.95. The lowest BCUT2D eigenvalue weighted by molar-refractivity contribution is 0.277. The summed E-state index contributed by atoms with van der Waals surface area (Å²) in [5.41, 5.74) is 5.38. The van der Waals surface area contributed by atoms with Crippen molar-refractivity contribution in [3.63, 3.8) is 0 Å². The van der Waals surface area contributed by atoms with Gasteiger partial charge in [-0.25, -0.2) is 8.78 Å². The zero-order valence-electron chi connectivity index (χ0n) is 7.69. The van der Waals surface area contributed by atoms with Crippen LogP contribution in [0.25, 0.3) is 0 Å². The number of hydrogen-bond donors (Lipinski definition) is 2. The summed E-state index contributed by atoms with van der Waals surface area (Å²) in [6.45, 7) is 0.956. The molecular weight excluding hydrogens is 245 g/mol. The molecule has 0 aromatic heterocycles. The molecule has 1 saturated heterocycles. The zero-order chi connectivity index (χ0) is 10.3. The Morgan fingerprint density at radius 1 is 1.33 bits per heavy atom. The predicted molar refractivity (Wildman–Crippen MR) is 57.4 cm³/mol. The van der Waals surface area contributed by atoms with Gasteiger partial charge in [-0.3, -0.25) is 0 Å². The molecule has 0 spiro atoms. The average molecular weight is 255 g/mol. The van der Waals surface area contributed by atoms with Gasteiger partial charge >= 0.3 is 0 Å². The molecule has 6 heteroatoms. The molecule has 3 N–H and O–H groups in total. The van der Waals surface area contributed by atoms with Gasteiger partial charge in [0.2, 0.25) is 0 Å². The molecule has 1 aromatic carbocycles. The topological polar surface area (TPSA) is 38.0 Å². The highest BCUT2D eigenvalue weighted by atomic mass is 35.5. The Balaban J connectivity index is 0.00000112. The van der Waals surface area contributed by atoms with E-state index in [1.54, 1.807) is 0 Å². The molecule has 1 fully saturated rings. The van der Waals surface area contributed by atoms with Crippen molar-refractivity contribution < 1.29 is 8.78 Å². The summed E-state index contributed by atoms with van der Waals surface area (Å²) in [6.07, 6.45) is 0. The highest BCUT2D eigenvalue weighted by Crippen LogP contribution is 2.30. The number of nitrogens with one attached hydrogen (secondary N) is 1. The van der Waals surface area contributed by atoms with Gasteiger partial charge in [0.25, 0.3) is 0 Å². The Bertz CT molecular complexity index is 381. The number of benzene rings is 1. The molecule has 0 bridgehead atoms. The van der Waals surface area contributed by atoms with Gasteiger partial charge in [0, 0.05) is 18.7 Å². The molecule has 1 aliphatic heterocycles. The first-order chi connectivity index (χ1) is 6.54. The minimum atomic E-state index is -0.760. The van der Waals surface area contributed by atoms with E-state index in [1.165, 1.54) is 6.07 Å². The van der Waals surface area contributed by atoms with Crippen molar-refractivity contribution in [3.8, 4) is 0 Å². The van der Waals surface area contributed by atoms with Crippen LogP contribution in [-0.2, 0) is 5.54 Å². The molecule has 1 aliphatic rings. The molecule has 0 radical (unpaired) electrons. The predicted octanol–water partition coefficient (Wildman–Crippen LogP) is 1.80. The molecular formula is C9H10Cl2F2N2. The molecule has 0 atom stereocenters. The summed E-state index contributed by atoms with van der Waals surface area (Å²) >= 11 is 5.44. The van der Waals surface area contributed by atoms with E-state index in [0.717, 1.165) is 6.07 Å². The molecule has 1 heterocycles. The van der Waals surface area contributed by atoms with Crippen molar-refractivity contribution in [1.82, 2.24) is 5.32 Å². The van der Waals surface area contributed by atoms with Gasteiger partial charge in [-0.2, -0.15) is 0 Å². The molecule has 2 nitrogen and oxygen atoms in total. The highest BCUT2D eigenvalue weighted by molar-refractivity contribution is 6.31. The van der Waals surface area contributed by atoms with Gasteiger partial charge in [-0.1, -0.05) is 17.7 Å².